The topological polar surface area (TPSA) is 68.3 Å². The molecule has 0 N–H and O–H groups in total. The summed E-state index contributed by atoms with van der Waals surface area (Å²) in [6, 6.07) is 5.59. The molecular formula is C17H13FN6OS. The molecule has 130 valence electrons. The van der Waals surface area contributed by atoms with E-state index in [9.17, 15) is 9.18 Å². The number of amides is 1. The minimum absolute atomic E-state index is 0.136. The van der Waals surface area contributed by atoms with Crippen LogP contribution in [0.1, 0.15) is 16.2 Å². The zero-order chi connectivity index (χ0) is 17.7. The van der Waals surface area contributed by atoms with Crippen molar-refractivity contribution >= 4 is 22.2 Å². The fourth-order valence-corrected chi connectivity index (χ4v) is 3.83. The molecule has 5 rings (SSSR count). The van der Waals surface area contributed by atoms with E-state index in [2.05, 4.69) is 15.2 Å². The molecule has 1 aliphatic heterocycles. The quantitative estimate of drug-likeness (QED) is 0.545. The maximum atomic E-state index is 13.1. The van der Waals surface area contributed by atoms with Crippen molar-refractivity contribution in [3.63, 3.8) is 0 Å². The molecule has 0 unspecified atom stereocenters. The van der Waals surface area contributed by atoms with Gasteiger partial charge in [-0.25, -0.2) is 9.37 Å². The lowest BCUT2D eigenvalue weighted by Crippen LogP contribution is -2.38. The highest BCUT2D eigenvalue weighted by Crippen LogP contribution is 2.23. The van der Waals surface area contributed by atoms with E-state index >= 15 is 0 Å². The van der Waals surface area contributed by atoms with Crippen molar-refractivity contribution in [1.29, 1.82) is 0 Å². The molecule has 7 nitrogen and oxygen atoms in total. The summed E-state index contributed by atoms with van der Waals surface area (Å²) in [4.78, 5) is 19.8. The number of nitrogens with zero attached hydrogens (tertiary/aromatic N) is 6. The van der Waals surface area contributed by atoms with Gasteiger partial charge in [0, 0.05) is 36.4 Å². The molecule has 0 atom stereocenters. The third-order valence-electron chi connectivity index (χ3n) is 4.45. The molecule has 0 bridgehead atoms. The van der Waals surface area contributed by atoms with Crippen LogP contribution in [0.25, 0.3) is 16.5 Å². The average Bonchev–Trinajstić information content (AvgIpc) is 3.35. The number of carbonyl (C=O) groups is 1. The smallest absolute Gasteiger partial charge is 0.254 e. The summed E-state index contributed by atoms with van der Waals surface area (Å²) in [6.07, 6.45) is 3.88. The number of imidazole rings is 1. The van der Waals surface area contributed by atoms with Gasteiger partial charge < -0.3 is 9.47 Å². The van der Waals surface area contributed by atoms with Gasteiger partial charge in [0.2, 0.25) is 0 Å². The van der Waals surface area contributed by atoms with Gasteiger partial charge >= 0.3 is 0 Å². The molecule has 26 heavy (non-hydrogen) atoms. The van der Waals surface area contributed by atoms with Crippen LogP contribution in [0.3, 0.4) is 0 Å². The summed E-state index contributed by atoms with van der Waals surface area (Å²) in [5.74, 6) is 0.940. The minimum Gasteiger partial charge on any atom is -0.329 e. The lowest BCUT2D eigenvalue weighted by atomic mass is 10.2. The molecule has 0 fully saturated rings. The van der Waals surface area contributed by atoms with E-state index in [1.54, 1.807) is 16.2 Å². The van der Waals surface area contributed by atoms with Crippen molar-refractivity contribution < 1.29 is 9.18 Å². The summed E-state index contributed by atoms with van der Waals surface area (Å²) in [6.45, 7) is 1.50. The maximum Gasteiger partial charge on any atom is 0.254 e. The Morgan fingerprint density at radius 3 is 2.81 bits per heavy atom. The molecular weight excluding hydrogens is 355 g/mol. The Kier molecular flexibility index (Phi) is 3.35. The number of fused-ring (bicyclic) bond motifs is 2. The Morgan fingerprint density at radius 2 is 2.00 bits per heavy atom. The van der Waals surface area contributed by atoms with Gasteiger partial charge in [-0.2, -0.15) is 0 Å². The summed E-state index contributed by atoms with van der Waals surface area (Å²) >= 11 is 1.56. The summed E-state index contributed by atoms with van der Waals surface area (Å²) < 4.78 is 17.0. The number of halogens is 1. The molecule has 0 saturated heterocycles. The van der Waals surface area contributed by atoms with Crippen molar-refractivity contribution in [3.05, 3.63) is 59.2 Å². The third kappa shape index (κ3) is 2.39. The van der Waals surface area contributed by atoms with E-state index in [4.69, 9.17) is 0 Å². The highest BCUT2D eigenvalue weighted by Gasteiger charge is 2.26. The first-order chi connectivity index (χ1) is 12.7. The van der Waals surface area contributed by atoms with Crippen molar-refractivity contribution in [2.45, 2.75) is 13.1 Å². The van der Waals surface area contributed by atoms with Crippen molar-refractivity contribution in [2.75, 3.05) is 6.54 Å². The normalized spacial score (nSPS) is 14.0. The van der Waals surface area contributed by atoms with Crippen LogP contribution in [0.4, 0.5) is 4.39 Å². The Labute approximate surface area is 151 Å². The summed E-state index contributed by atoms with van der Waals surface area (Å²) in [7, 11) is 0. The van der Waals surface area contributed by atoms with Crippen LogP contribution in [-0.4, -0.2) is 41.5 Å². The van der Waals surface area contributed by atoms with E-state index in [0.29, 0.717) is 31.0 Å². The first-order valence-corrected chi connectivity index (χ1v) is 8.96. The summed E-state index contributed by atoms with van der Waals surface area (Å²) in [5, 5.41) is 10.5. The van der Waals surface area contributed by atoms with Crippen LogP contribution < -0.4 is 0 Å². The van der Waals surface area contributed by atoms with Crippen LogP contribution in [0.5, 0.6) is 0 Å². The van der Waals surface area contributed by atoms with Crippen molar-refractivity contribution in [1.82, 2.24) is 29.0 Å². The van der Waals surface area contributed by atoms with Gasteiger partial charge in [-0.05, 0) is 24.3 Å². The molecule has 1 amide bonds. The standard InChI is InChI=1S/C17H13FN6OS/c18-12-3-1-11(2-4-12)16(25)22-5-6-24-14(10-22)20-21-15(24)13-9-23-7-8-26-17(23)19-13/h1-4,7-9H,5-6,10H2. The molecule has 0 radical (unpaired) electrons. The zero-order valence-corrected chi connectivity index (χ0v) is 14.4. The van der Waals surface area contributed by atoms with Crippen molar-refractivity contribution in [2.24, 2.45) is 0 Å². The van der Waals surface area contributed by atoms with E-state index < -0.39 is 0 Å². The monoisotopic (exact) mass is 368 g/mol. The molecule has 0 saturated carbocycles. The second-order valence-corrected chi connectivity index (χ2v) is 6.92. The fraction of sp³-hybridized carbons (Fsp3) is 0.176. The Morgan fingerprint density at radius 1 is 1.15 bits per heavy atom. The molecule has 1 aliphatic rings. The Balaban J connectivity index is 1.42. The van der Waals surface area contributed by atoms with E-state index in [1.807, 2.05) is 26.7 Å². The van der Waals surface area contributed by atoms with Gasteiger partial charge in [0.25, 0.3) is 5.91 Å². The van der Waals surface area contributed by atoms with Crippen LogP contribution in [0.15, 0.2) is 42.0 Å². The van der Waals surface area contributed by atoms with Gasteiger partial charge in [0.1, 0.15) is 11.5 Å². The third-order valence-corrected chi connectivity index (χ3v) is 5.22. The highest BCUT2D eigenvalue weighted by atomic mass is 32.1. The predicted molar refractivity (Wildman–Crippen MR) is 93.2 cm³/mol. The first-order valence-electron chi connectivity index (χ1n) is 8.08. The predicted octanol–water partition coefficient (Wildman–Crippen LogP) is 2.45. The number of thiazole rings is 1. The number of rotatable bonds is 2. The van der Waals surface area contributed by atoms with E-state index in [0.717, 1.165) is 16.5 Å². The largest absolute Gasteiger partial charge is 0.329 e. The summed E-state index contributed by atoms with van der Waals surface area (Å²) in [5.41, 5.74) is 1.24. The number of hydrogen-bond acceptors (Lipinski definition) is 5. The number of carbonyl (C=O) groups excluding carboxylic acids is 1. The van der Waals surface area contributed by atoms with Crippen LogP contribution in [0.2, 0.25) is 0 Å². The number of hydrogen-bond donors (Lipinski definition) is 0. The van der Waals surface area contributed by atoms with Gasteiger partial charge in [0.15, 0.2) is 16.6 Å². The molecule has 4 aromatic rings. The van der Waals surface area contributed by atoms with Crippen LogP contribution >= 0.6 is 11.3 Å². The number of benzene rings is 1. The molecule has 0 spiro atoms. The SMILES string of the molecule is O=C(c1ccc(F)cc1)N1CCn2c(nnc2-c2cn3ccsc3n2)C1. The second kappa shape index (κ2) is 5.73. The molecule has 0 aliphatic carbocycles. The average molecular weight is 368 g/mol. The lowest BCUT2D eigenvalue weighted by molar-refractivity contribution is 0.0708. The molecule has 9 heteroatoms. The number of aromatic nitrogens is 5. The van der Waals surface area contributed by atoms with Gasteiger partial charge in [-0.3, -0.25) is 9.20 Å². The Bertz CT molecular complexity index is 1080. The second-order valence-electron chi connectivity index (χ2n) is 6.04. The highest BCUT2D eigenvalue weighted by molar-refractivity contribution is 7.15. The fourth-order valence-electron chi connectivity index (χ4n) is 3.13. The first kappa shape index (κ1) is 15.2. The molecule has 3 aromatic heterocycles. The minimum atomic E-state index is -0.357. The molecule has 1 aromatic carbocycles. The van der Waals surface area contributed by atoms with Crippen LogP contribution in [-0.2, 0) is 13.1 Å². The van der Waals surface area contributed by atoms with Gasteiger partial charge in [-0.1, -0.05) is 0 Å². The maximum absolute atomic E-state index is 13.1. The van der Waals surface area contributed by atoms with Gasteiger partial charge in [0.05, 0.1) is 6.54 Å². The van der Waals surface area contributed by atoms with Gasteiger partial charge in [-0.15, -0.1) is 21.5 Å². The van der Waals surface area contributed by atoms with E-state index in [1.165, 1.54) is 24.3 Å². The van der Waals surface area contributed by atoms with Crippen molar-refractivity contribution in [3.8, 4) is 11.5 Å². The van der Waals surface area contributed by atoms with E-state index in [-0.39, 0.29) is 11.7 Å². The zero-order valence-electron chi connectivity index (χ0n) is 13.5. The van der Waals surface area contributed by atoms with Crippen LogP contribution in [0, 0.1) is 5.82 Å². The lowest BCUT2D eigenvalue weighted by Gasteiger charge is -2.27. The molecule has 4 heterocycles. The Hall–Kier alpha value is -3.07.